The molecule has 6 nitrogen and oxygen atoms in total. The van der Waals surface area contributed by atoms with Crippen LogP contribution < -0.4 is 14.2 Å². The van der Waals surface area contributed by atoms with Crippen molar-refractivity contribution in [3.63, 3.8) is 0 Å². The third-order valence-electron chi connectivity index (χ3n) is 6.25. The lowest BCUT2D eigenvalue weighted by Crippen LogP contribution is -2.12. The van der Waals surface area contributed by atoms with Gasteiger partial charge in [-0.15, -0.1) is 0 Å². The highest BCUT2D eigenvalue weighted by atomic mass is 16.5. The second kappa shape index (κ2) is 16.2. The molecule has 0 spiro atoms. The molecular formula is C33H40O6. The summed E-state index contributed by atoms with van der Waals surface area (Å²) in [5.74, 6) is 1.39. The first kappa shape index (κ1) is 29.8. The molecule has 3 rings (SSSR count). The number of hydrogen-bond acceptors (Lipinski definition) is 6. The van der Waals surface area contributed by atoms with Crippen LogP contribution in [0.15, 0.2) is 72.8 Å². The zero-order chi connectivity index (χ0) is 27.9. The summed E-state index contributed by atoms with van der Waals surface area (Å²) in [5, 5.41) is 0. The van der Waals surface area contributed by atoms with Gasteiger partial charge in [0.15, 0.2) is 0 Å². The number of carbonyl (C=O) groups excluding carboxylic acids is 2. The molecule has 0 amide bonds. The summed E-state index contributed by atoms with van der Waals surface area (Å²) in [6.07, 6.45) is 7.08. The second-order valence-electron chi connectivity index (χ2n) is 9.52. The maximum Gasteiger partial charge on any atom is 0.343 e. The number of carbonyl (C=O) groups is 2. The minimum absolute atomic E-state index is 0.144. The molecule has 208 valence electrons. The Labute approximate surface area is 232 Å². The van der Waals surface area contributed by atoms with E-state index in [9.17, 15) is 9.59 Å². The smallest absolute Gasteiger partial charge is 0.343 e. The van der Waals surface area contributed by atoms with Gasteiger partial charge in [-0.2, -0.15) is 0 Å². The standard InChI is InChI=1S/C33H40O6/c1-4-6-7-8-10-25(3)38-30-21-15-28(16-22-30)33(35)39-31-19-13-27(14-20-31)26-11-17-29(18-12-26)36-23-9-24-37-32(34)5-2/h11-22,25H,4-10,23-24H2,1-3H3/t25-/m0/s1. The maximum atomic E-state index is 12.6. The van der Waals surface area contributed by atoms with E-state index >= 15 is 0 Å². The number of ether oxygens (including phenoxy) is 4. The van der Waals surface area contributed by atoms with E-state index < -0.39 is 5.97 Å². The molecule has 0 aliphatic carbocycles. The molecule has 6 heteroatoms. The highest BCUT2D eigenvalue weighted by Crippen LogP contribution is 2.25. The lowest BCUT2D eigenvalue weighted by atomic mass is 10.1. The zero-order valence-electron chi connectivity index (χ0n) is 23.3. The zero-order valence-corrected chi connectivity index (χ0v) is 23.3. The van der Waals surface area contributed by atoms with Crippen molar-refractivity contribution in [2.45, 2.75) is 71.8 Å². The molecule has 0 N–H and O–H groups in total. The topological polar surface area (TPSA) is 71.1 Å². The van der Waals surface area contributed by atoms with Crippen molar-refractivity contribution in [2.24, 2.45) is 0 Å². The predicted octanol–water partition coefficient (Wildman–Crippen LogP) is 8.03. The van der Waals surface area contributed by atoms with Gasteiger partial charge < -0.3 is 18.9 Å². The third kappa shape index (κ3) is 10.5. The molecule has 1 atom stereocenters. The maximum absolute atomic E-state index is 12.6. The molecule has 3 aromatic rings. The van der Waals surface area contributed by atoms with Crippen LogP contribution in [0, 0.1) is 0 Å². The third-order valence-corrected chi connectivity index (χ3v) is 6.25. The Bertz CT molecular complexity index is 1140. The van der Waals surface area contributed by atoms with E-state index in [1.54, 1.807) is 31.2 Å². The molecule has 0 unspecified atom stereocenters. The number of unbranched alkanes of at least 4 members (excludes halogenated alkanes) is 3. The quantitative estimate of drug-likeness (QED) is 0.106. The fraction of sp³-hybridized carbons (Fsp3) is 0.394. The van der Waals surface area contributed by atoms with Crippen LogP contribution in [0.1, 0.15) is 76.1 Å². The minimum Gasteiger partial charge on any atom is -0.493 e. The van der Waals surface area contributed by atoms with Gasteiger partial charge in [-0.05, 0) is 79.4 Å². The van der Waals surface area contributed by atoms with Crippen molar-refractivity contribution in [1.82, 2.24) is 0 Å². The average Bonchev–Trinajstić information content (AvgIpc) is 2.96. The largest absolute Gasteiger partial charge is 0.493 e. The first-order valence-electron chi connectivity index (χ1n) is 14.0. The SMILES string of the molecule is CCCCCC[C@H](C)Oc1ccc(C(=O)Oc2ccc(-c3ccc(OCCCOC(=O)CC)cc3)cc2)cc1. The molecule has 0 heterocycles. The van der Waals surface area contributed by atoms with E-state index in [1.807, 2.05) is 48.5 Å². The van der Waals surface area contributed by atoms with Gasteiger partial charge in [-0.25, -0.2) is 4.79 Å². The van der Waals surface area contributed by atoms with Gasteiger partial charge in [0.05, 0.1) is 24.9 Å². The fourth-order valence-electron chi connectivity index (χ4n) is 3.98. The van der Waals surface area contributed by atoms with E-state index in [1.165, 1.54) is 19.3 Å². The molecule has 0 aromatic heterocycles. The van der Waals surface area contributed by atoms with E-state index in [-0.39, 0.29) is 12.1 Å². The molecule has 0 saturated heterocycles. The van der Waals surface area contributed by atoms with E-state index in [4.69, 9.17) is 18.9 Å². The monoisotopic (exact) mass is 532 g/mol. The van der Waals surface area contributed by atoms with Crippen molar-refractivity contribution >= 4 is 11.9 Å². The molecule has 0 aliphatic heterocycles. The average molecular weight is 533 g/mol. The van der Waals surface area contributed by atoms with Crippen LogP contribution in [-0.4, -0.2) is 31.3 Å². The van der Waals surface area contributed by atoms with E-state index in [0.717, 1.165) is 35.5 Å². The molecule has 0 radical (unpaired) electrons. The van der Waals surface area contributed by atoms with Crippen molar-refractivity contribution < 1.29 is 28.5 Å². The first-order valence-corrected chi connectivity index (χ1v) is 14.0. The summed E-state index contributed by atoms with van der Waals surface area (Å²) < 4.78 is 22.3. The van der Waals surface area contributed by atoms with Crippen LogP contribution in [0.2, 0.25) is 0 Å². The number of hydrogen-bond donors (Lipinski definition) is 0. The molecule has 39 heavy (non-hydrogen) atoms. The van der Waals surface area contributed by atoms with E-state index in [0.29, 0.717) is 37.4 Å². The summed E-state index contributed by atoms with van der Waals surface area (Å²) >= 11 is 0. The first-order chi connectivity index (χ1) is 19.0. The van der Waals surface area contributed by atoms with E-state index in [2.05, 4.69) is 13.8 Å². The summed E-state index contributed by atoms with van der Waals surface area (Å²) in [5.41, 5.74) is 2.49. The Kier molecular flexibility index (Phi) is 12.4. The van der Waals surface area contributed by atoms with Gasteiger partial charge in [0, 0.05) is 12.8 Å². The van der Waals surface area contributed by atoms with Crippen molar-refractivity contribution in [1.29, 1.82) is 0 Å². The minimum atomic E-state index is -0.409. The predicted molar refractivity (Wildman–Crippen MR) is 153 cm³/mol. The molecule has 0 fully saturated rings. The summed E-state index contributed by atoms with van der Waals surface area (Å²) in [6.45, 7) is 6.90. The molecule has 3 aromatic carbocycles. The van der Waals surface area contributed by atoms with Crippen LogP contribution in [0.25, 0.3) is 11.1 Å². The summed E-state index contributed by atoms with van der Waals surface area (Å²) in [7, 11) is 0. The van der Waals surface area contributed by atoms with Crippen LogP contribution in [-0.2, 0) is 9.53 Å². The van der Waals surface area contributed by atoms with Gasteiger partial charge in [0.2, 0.25) is 0 Å². The Morgan fingerprint density at radius 2 is 1.31 bits per heavy atom. The van der Waals surface area contributed by atoms with Crippen molar-refractivity contribution in [3.8, 4) is 28.4 Å². The molecule has 0 saturated carbocycles. The molecule has 0 aliphatic rings. The second-order valence-corrected chi connectivity index (χ2v) is 9.52. The summed E-state index contributed by atoms with van der Waals surface area (Å²) in [6, 6.07) is 22.3. The number of esters is 2. The van der Waals surface area contributed by atoms with Crippen LogP contribution >= 0.6 is 0 Å². The lowest BCUT2D eigenvalue weighted by Gasteiger charge is -2.14. The highest BCUT2D eigenvalue weighted by Gasteiger charge is 2.11. The van der Waals surface area contributed by atoms with Gasteiger partial charge in [0.25, 0.3) is 0 Å². The summed E-state index contributed by atoms with van der Waals surface area (Å²) in [4.78, 5) is 23.8. The Morgan fingerprint density at radius 1 is 0.692 bits per heavy atom. The van der Waals surface area contributed by atoms with Gasteiger partial charge in [-0.1, -0.05) is 57.4 Å². The van der Waals surface area contributed by atoms with Crippen molar-refractivity contribution in [2.75, 3.05) is 13.2 Å². The van der Waals surface area contributed by atoms with Gasteiger partial charge in [-0.3, -0.25) is 4.79 Å². The van der Waals surface area contributed by atoms with Crippen LogP contribution in [0.4, 0.5) is 0 Å². The van der Waals surface area contributed by atoms with Crippen molar-refractivity contribution in [3.05, 3.63) is 78.4 Å². The Morgan fingerprint density at radius 3 is 1.92 bits per heavy atom. The Balaban J connectivity index is 1.44. The lowest BCUT2D eigenvalue weighted by molar-refractivity contribution is -0.143. The normalized spacial score (nSPS) is 11.5. The van der Waals surface area contributed by atoms with Gasteiger partial charge >= 0.3 is 11.9 Å². The fourth-order valence-corrected chi connectivity index (χ4v) is 3.98. The number of benzene rings is 3. The molecule has 0 bridgehead atoms. The number of rotatable bonds is 16. The van der Waals surface area contributed by atoms with Gasteiger partial charge in [0.1, 0.15) is 17.2 Å². The Hall–Kier alpha value is -3.80. The van der Waals surface area contributed by atoms with Crippen LogP contribution in [0.5, 0.6) is 17.2 Å². The highest BCUT2D eigenvalue weighted by molar-refractivity contribution is 5.91. The molecular weight excluding hydrogens is 492 g/mol. The van der Waals surface area contributed by atoms with Crippen LogP contribution in [0.3, 0.4) is 0 Å².